The topological polar surface area (TPSA) is 168 Å². The number of hydrogen-bond acceptors (Lipinski definition) is 6. The summed E-state index contributed by atoms with van der Waals surface area (Å²) in [7, 11) is 0. The zero-order valence-corrected chi connectivity index (χ0v) is 16.3. The summed E-state index contributed by atoms with van der Waals surface area (Å²) in [6.45, 7) is 1.44. The average Bonchev–Trinajstić information content (AvgIpc) is 3.43. The van der Waals surface area contributed by atoms with Gasteiger partial charge in [-0.05, 0) is 38.0 Å². The Morgan fingerprint density at radius 3 is 2.45 bits per heavy atom. The van der Waals surface area contributed by atoms with Gasteiger partial charge in [0.2, 0.25) is 11.8 Å². The van der Waals surface area contributed by atoms with Crippen molar-refractivity contribution in [2.75, 3.05) is 5.73 Å². The minimum atomic E-state index is -1.24. The van der Waals surface area contributed by atoms with E-state index < -0.39 is 47.7 Å². The maximum atomic E-state index is 12.4. The van der Waals surface area contributed by atoms with Gasteiger partial charge in [0.15, 0.2) is 0 Å². The summed E-state index contributed by atoms with van der Waals surface area (Å²) in [5.41, 5.74) is 4.90. The Hall–Kier alpha value is -3.14. The van der Waals surface area contributed by atoms with Crippen LogP contribution in [0.2, 0.25) is 5.02 Å². The van der Waals surface area contributed by atoms with Gasteiger partial charge in [-0.3, -0.25) is 19.2 Å². The first-order chi connectivity index (χ1) is 13.6. The number of aliphatic carboxylic acids is 1. The monoisotopic (exact) mass is 424 g/mol. The van der Waals surface area contributed by atoms with E-state index in [4.69, 9.17) is 22.4 Å². The third-order valence-electron chi connectivity index (χ3n) is 4.43. The molecule has 1 aliphatic rings. The Labute approximate surface area is 171 Å². The molecule has 0 bridgehead atoms. The van der Waals surface area contributed by atoms with Crippen LogP contribution < -0.4 is 21.7 Å². The van der Waals surface area contributed by atoms with Gasteiger partial charge in [0.1, 0.15) is 17.9 Å². The summed E-state index contributed by atoms with van der Waals surface area (Å²) in [5, 5.41) is 16.3. The predicted octanol–water partition coefficient (Wildman–Crippen LogP) is -0.152. The lowest BCUT2D eigenvalue weighted by Crippen LogP contribution is -2.56. The molecule has 1 saturated carbocycles. The molecule has 0 radical (unpaired) electrons. The molecule has 1 aromatic carbocycles. The van der Waals surface area contributed by atoms with Crippen LogP contribution in [-0.2, 0) is 19.2 Å². The molecule has 0 spiro atoms. The lowest BCUT2D eigenvalue weighted by atomic mass is 10.1. The number of carboxylic acids is 1. The number of carboxylic acid groups (broad SMARTS) is 1. The molecule has 2 atom stereocenters. The van der Waals surface area contributed by atoms with Gasteiger partial charge in [-0.1, -0.05) is 11.6 Å². The molecule has 11 heteroatoms. The summed E-state index contributed by atoms with van der Waals surface area (Å²) in [4.78, 5) is 58.7. The molecule has 29 heavy (non-hydrogen) atoms. The molecule has 0 aliphatic heterocycles. The molecule has 1 aromatic rings. The van der Waals surface area contributed by atoms with E-state index in [9.17, 15) is 24.0 Å². The van der Waals surface area contributed by atoms with E-state index in [1.54, 1.807) is 0 Å². The highest BCUT2D eigenvalue weighted by atomic mass is 35.5. The fourth-order valence-corrected chi connectivity index (χ4v) is 2.70. The van der Waals surface area contributed by atoms with Crippen LogP contribution in [0.1, 0.15) is 36.5 Å². The Kier molecular flexibility index (Phi) is 6.80. The van der Waals surface area contributed by atoms with Crippen molar-refractivity contribution in [3.63, 3.8) is 0 Å². The number of hydrogen-bond donors (Lipinski definition) is 5. The highest BCUT2D eigenvalue weighted by Crippen LogP contribution is 2.35. The largest absolute Gasteiger partial charge is 0.481 e. The second kappa shape index (κ2) is 8.91. The first-order valence-electron chi connectivity index (χ1n) is 8.74. The number of aldehydes is 1. The van der Waals surface area contributed by atoms with E-state index in [1.165, 1.54) is 25.1 Å². The number of nitrogens with one attached hydrogen (secondary N) is 3. The molecule has 6 N–H and O–H groups in total. The van der Waals surface area contributed by atoms with Gasteiger partial charge in [0.25, 0.3) is 5.91 Å². The second-order valence-corrected chi connectivity index (χ2v) is 7.22. The molecule has 0 aromatic heterocycles. The number of anilines is 1. The number of nitrogen functional groups attached to an aromatic ring is 1. The van der Waals surface area contributed by atoms with Crippen LogP contribution in [-0.4, -0.2) is 52.7 Å². The highest BCUT2D eigenvalue weighted by Gasteiger charge is 2.52. The molecule has 156 valence electrons. The van der Waals surface area contributed by atoms with E-state index in [1.807, 2.05) is 0 Å². The van der Waals surface area contributed by atoms with Gasteiger partial charge >= 0.3 is 5.97 Å². The Bertz CT molecular complexity index is 855. The smallest absolute Gasteiger partial charge is 0.305 e. The summed E-state index contributed by atoms with van der Waals surface area (Å²) in [6, 6.07) is 2.13. The van der Waals surface area contributed by atoms with Crippen LogP contribution in [0.25, 0.3) is 0 Å². The zero-order chi connectivity index (χ0) is 21.8. The molecule has 0 heterocycles. The number of nitrogens with two attached hydrogens (primary N) is 1. The van der Waals surface area contributed by atoms with E-state index in [0.29, 0.717) is 24.8 Å². The van der Waals surface area contributed by atoms with E-state index >= 15 is 0 Å². The maximum Gasteiger partial charge on any atom is 0.305 e. The summed E-state index contributed by atoms with van der Waals surface area (Å²) in [5.74, 6) is -3.04. The second-order valence-electron chi connectivity index (χ2n) is 6.82. The predicted molar refractivity (Wildman–Crippen MR) is 103 cm³/mol. The summed E-state index contributed by atoms with van der Waals surface area (Å²) in [6.07, 6.45) is 0.426. The SMILES string of the molecule is CC(NC(=O)c1ccc(N)c(Cl)c1)C(=O)NC1(C(=O)NC(C=O)CC(=O)O)CC1. The number of rotatable bonds is 9. The van der Waals surface area contributed by atoms with Crippen LogP contribution >= 0.6 is 11.6 Å². The Morgan fingerprint density at radius 2 is 1.93 bits per heavy atom. The third-order valence-corrected chi connectivity index (χ3v) is 4.75. The van der Waals surface area contributed by atoms with Crippen molar-refractivity contribution in [3.8, 4) is 0 Å². The van der Waals surface area contributed by atoms with Crippen LogP contribution in [0.5, 0.6) is 0 Å². The van der Waals surface area contributed by atoms with E-state index in [2.05, 4.69) is 16.0 Å². The van der Waals surface area contributed by atoms with Crippen molar-refractivity contribution < 1.29 is 29.1 Å². The van der Waals surface area contributed by atoms with E-state index in [-0.39, 0.29) is 10.6 Å². The average molecular weight is 425 g/mol. The summed E-state index contributed by atoms with van der Waals surface area (Å²) >= 11 is 5.88. The first-order valence-corrected chi connectivity index (χ1v) is 9.12. The molecule has 3 amide bonds. The van der Waals surface area contributed by atoms with Crippen molar-refractivity contribution in [2.45, 2.75) is 43.8 Å². The van der Waals surface area contributed by atoms with Crippen molar-refractivity contribution >= 4 is 47.3 Å². The number of amides is 3. The van der Waals surface area contributed by atoms with Crippen LogP contribution in [0.4, 0.5) is 5.69 Å². The highest BCUT2D eigenvalue weighted by molar-refractivity contribution is 6.33. The number of halogens is 1. The fraction of sp³-hybridized carbons (Fsp3) is 0.389. The normalized spacial score (nSPS) is 16.1. The molecule has 10 nitrogen and oxygen atoms in total. The Morgan fingerprint density at radius 1 is 1.28 bits per heavy atom. The molecular weight excluding hydrogens is 404 g/mol. The van der Waals surface area contributed by atoms with Crippen molar-refractivity contribution in [1.29, 1.82) is 0 Å². The molecule has 0 saturated heterocycles. The minimum Gasteiger partial charge on any atom is -0.481 e. The quantitative estimate of drug-likeness (QED) is 0.271. The lowest BCUT2D eigenvalue weighted by molar-refractivity contribution is -0.139. The van der Waals surface area contributed by atoms with Gasteiger partial charge in [-0.15, -0.1) is 0 Å². The van der Waals surface area contributed by atoms with Crippen LogP contribution in [0.3, 0.4) is 0 Å². The van der Waals surface area contributed by atoms with Gasteiger partial charge < -0.3 is 31.6 Å². The molecule has 1 fully saturated rings. The molecule has 2 unspecified atom stereocenters. The van der Waals surface area contributed by atoms with Crippen molar-refractivity contribution in [1.82, 2.24) is 16.0 Å². The lowest BCUT2D eigenvalue weighted by Gasteiger charge is -2.22. The number of benzene rings is 1. The van der Waals surface area contributed by atoms with Crippen LogP contribution in [0, 0.1) is 0 Å². The van der Waals surface area contributed by atoms with E-state index in [0.717, 1.165) is 0 Å². The first kappa shape index (κ1) is 22.2. The number of carbonyl (C=O) groups is 5. The standard InChI is InChI=1S/C18H21ClN4O6/c1-9(21-16(28)10-2-3-13(20)12(19)6-10)15(27)23-18(4-5-18)17(29)22-11(8-24)7-14(25)26/h2-3,6,8-9,11H,4-5,7,20H2,1H3,(H,21,28)(H,22,29)(H,23,27)(H,25,26). The fourth-order valence-electron chi connectivity index (χ4n) is 2.52. The zero-order valence-electron chi connectivity index (χ0n) is 15.5. The van der Waals surface area contributed by atoms with Gasteiger partial charge in [-0.2, -0.15) is 0 Å². The molecule has 2 rings (SSSR count). The summed E-state index contributed by atoms with van der Waals surface area (Å²) < 4.78 is 0. The minimum absolute atomic E-state index is 0.203. The molecular formula is C18H21ClN4O6. The van der Waals surface area contributed by atoms with Crippen LogP contribution in [0.15, 0.2) is 18.2 Å². The molecule has 1 aliphatic carbocycles. The maximum absolute atomic E-state index is 12.4. The van der Waals surface area contributed by atoms with Gasteiger partial charge in [-0.25, -0.2) is 0 Å². The Balaban J connectivity index is 1.95. The number of carbonyl (C=O) groups excluding carboxylic acids is 4. The van der Waals surface area contributed by atoms with Crippen molar-refractivity contribution in [3.05, 3.63) is 28.8 Å². The third kappa shape index (κ3) is 5.67. The van der Waals surface area contributed by atoms with Gasteiger partial charge in [0.05, 0.1) is 23.2 Å². The van der Waals surface area contributed by atoms with Gasteiger partial charge in [0, 0.05) is 5.56 Å². The van der Waals surface area contributed by atoms with Crippen molar-refractivity contribution in [2.24, 2.45) is 0 Å².